The van der Waals surface area contributed by atoms with Crippen molar-refractivity contribution in [2.75, 3.05) is 30.9 Å². The highest BCUT2D eigenvalue weighted by Gasteiger charge is 2.15. The number of nitrogens with one attached hydrogen (secondary N) is 1. The van der Waals surface area contributed by atoms with Crippen LogP contribution < -0.4 is 14.8 Å². The topological polar surface area (TPSA) is 97.6 Å². The third-order valence-corrected chi connectivity index (χ3v) is 4.67. The molecule has 8 heteroatoms. The first-order valence-corrected chi connectivity index (χ1v) is 10.5. The second-order valence-electron chi connectivity index (χ2n) is 6.01. The highest BCUT2D eigenvalue weighted by atomic mass is 32.2. The van der Waals surface area contributed by atoms with Crippen LogP contribution >= 0.6 is 11.8 Å². The van der Waals surface area contributed by atoms with Gasteiger partial charge in [0.05, 0.1) is 36.3 Å². The molecule has 2 rings (SSSR count). The lowest BCUT2D eigenvalue weighted by atomic mass is 10.2. The van der Waals surface area contributed by atoms with Gasteiger partial charge in [-0.25, -0.2) is 4.79 Å². The third-order valence-electron chi connectivity index (χ3n) is 3.73. The molecule has 0 fully saturated rings. The molecule has 0 unspecified atom stereocenters. The minimum atomic E-state index is -0.639. The Balaban J connectivity index is 1.97. The van der Waals surface area contributed by atoms with Gasteiger partial charge in [-0.3, -0.25) is 4.79 Å². The van der Waals surface area contributed by atoms with E-state index >= 15 is 0 Å². The van der Waals surface area contributed by atoms with E-state index in [-0.39, 0.29) is 11.3 Å². The van der Waals surface area contributed by atoms with E-state index in [4.69, 9.17) is 19.5 Å². The molecule has 0 atom stereocenters. The number of carbonyl (C=O) groups excluding carboxylic acids is 2. The van der Waals surface area contributed by atoms with E-state index < -0.39 is 18.5 Å². The molecule has 0 aliphatic heterocycles. The molecule has 2 aromatic rings. The summed E-state index contributed by atoms with van der Waals surface area (Å²) in [6.45, 7) is 4.36. The summed E-state index contributed by atoms with van der Waals surface area (Å²) in [7, 11) is 0. The lowest BCUT2D eigenvalue weighted by Crippen LogP contribution is -2.21. The number of hydrogen-bond acceptors (Lipinski definition) is 7. The molecule has 0 aromatic heterocycles. The van der Waals surface area contributed by atoms with E-state index in [1.807, 2.05) is 26.0 Å². The normalized spacial score (nSPS) is 10.0. The van der Waals surface area contributed by atoms with Gasteiger partial charge in [-0.05, 0) is 43.7 Å². The summed E-state index contributed by atoms with van der Waals surface area (Å²) in [4.78, 5) is 25.3. The quantitative estimate of drug-likeness (QED) is 0.421. The van der Waals surface area contributed by atoms with Crippen LogP contribution in [0.5, 0.6) is 11.5 Å². The summed E-state index contributed by atoms with van der Waals surface area (Å²) in [5.41, 5.74) is 0.829. The minimum absolute atomic E-state index is 0.264. The summed E-state index contributed by atoms with van der Waals surface area (Å²) < 4.78 is 16.3. The van der Waals surface area contributed by atoms with Crippen molar-refractivity contribution in [1.29, 1.82) is 5.26 Å². The molecule has 0 saturated carbocycles. The van der Waals surface area contributed by atoms with Crippen molar-refractivity contribution in [2.45, 2.75) is 25.2 Å². The van der Waals surface area contributed by atoms with Gasteiger partial charge in [-0.15, -0.1) is 11.8 Å². The average Bonchev–Trinajstić information content (AvgIpc) is 2.76. The van der Waals surface area contributed by atoms with Crippen LogP contribution in [0.1, 0.15) is 30.6 Å². The Morgan fingerprint density at radius 1 is 1.10 bits per heavy atom. The van der Waals surface area contributed by atoms with E-state index in [0.29, 0.717) is 30.4 Å². The van der Waals surface area contributed by atoms with Crippen LogP contribution in [0.3, 0.4) is 0 Å². The van der Waals surface area contributed by atoms with E-state index in [1.54, 1.807) is 36.4 Å². The molecule has 158 valence electrons. The molecule has 0 spiro atoms. The van der Waals surface area contributed by atoms with Gasteiger partial charge >= 0.3 is 5.97 Å². The monoisotopic (exact) mass is 428 g/mol. The Morgan fingerprint density at radius 3 is 2.63 bits per heavy atom. The standard InChI is InChI=1S/C22H24N2O5S/c1-3-12-28-18-10-9-16(14-19(18)27-4-2)22(26)29-15-21(25)24-17-7-5-6-8-20(17)30-13-11-23/h5-10,14H,3-4,12-13,15H2,1-2H3,(H,24,25). The number of amides is 1. The fraction of sp³-hybridized carbons (Fsp3) is 0.318. The predicted octanol–water partition coefficient (Wildman–Crippen LogP) is 4.29. The highest BCUT2D eigenvalue weighted by Crippen LogP contribution is 2.29. The number of rotatable bonds is 11. The van der Waals surface area contributed by atoms with Crippen molar-refractivity contribution in [2.24, 2.45) is 0 Å². The van der Waals surface area contributed by atoms with Gasteiger partial charge < -0.3 is 19.5 Å². The predicted molar refractivity (Wildman–Crippen MR) is 115 cm³/mol. The van der Waals surface area contributed by atoms with Gasteiger partial charge in [0.25, 0.3) is 5.91 Å². The van der Waals surface area contributed by atoms with Crippen LogP contribution in [-0.4, -0.2) is 37.4 Å². The van der Waals surface area contributed by atoms with Crippen molar-refractivity contribution in [3.63, 3.8) is 0 Å². The maximum atomic E-state index is 12.4. The fourth-order valence-electron chi connectivity index (χ4n) is 2.44. The van der Waals surface area contributed by atoms with Crippen molar-refractivity contribution in [1.82, 2.24) is 0 Å². The lowest BCUT2D eigenvalue weighted by Gasteiger charge is -2.13. The summed E-state index contributed by atoms with van der Waals surface area (Å²) in [6, 6.07) is 13.9. The Morgan fingerprint density at radius 2 is 1.90 bits per heavy atom. The number of nitrogens with zero attached hydrogens (tertiary/aromatic N) is 1. The summed E-state index contributed by atoms with van der Waals surface area (Å²) in [6.07, 6.45) is 0.850. The maximum absolute atomic E-state index is 12.4. The van der Waals surface area contributed by atoms with Gasteiger partial charge in [0.2, 0.25) is 0 Å². The zero-order valence-corrected chi connectivity index (χ0v) is 17.8. The van der Waals surface area contributed by atoms with Gasteiger partial charge in [-0.2, -0.15) is 5.26 Å². The van der Waals surface area contributed by atoms with Crippen LogP contribution in [0.15, 0.2) is 47.4 Å². The van der Waals surface area contributed by atoms with E-state index in [1.165, 1.54) is 11.8 Å². The number of anilines is 1. The van der Waals surface area contributed by atoms with Crippen LogP contribution in [-0.2, 0) is 9.53 Å². The number of nitriles is 1. The van der Waals surface area contributed by atoms with E-state index in [0.717, 1.165) is 11.3 Å². The smallest absolute Gasteiger partial charge is 0.338 e. The molecular formula is C22H24N2O5S. The van der Waals surface area contributed by atoms with E-state index in [9.17, 15) is 9.59 Å². The van der Waals surface area contributed by atoms with E-state index in [2.05, 4.69) is 5.32 Å². The first-order chi connectivity index (χ1) is 14.6. The van der Waals surface area contributed by atoms with Crippen LogP contribution in [0.25, 0.3) is 0 Å². The van der Waals surface area contributed by atoms with Gasteiger partial charge in [0.1, 0.15) is 0 Å². The molecule has 30 heavy (non-hydrogen) atoms. The lowest BCUT2D eigenvalue weighted by molar-refractivity contribution is -0.119. The van der Waals surface area contributed by atoms with Gasteiger partial charge in [0.15, 0.2) is 18.1 Å². The van der Waals surface area contributed by atoms with Crippen molar-refractivity contribution in [3.8, 4) is 17.6 Å². The highest BCUT2D eigenvalue weighted by molar-refractivity contribution is 7.99. The van der Waals surface area contributed by atoms with Crippen LogP contribution in [0.4, 0.5) is 5.69 Å². The molecule has 0 bridgehead atoms. The molecule has 0 saturated heterocycles. The first-order valence-electron chi connectivity index (χ1n) is 9.54. The molecule has 7 nitrogen and oxygen atoms in total. The Hall–Kier alpha value is -3.18. The molecule has 0 aliphatic rings. The van der Waals surface area contributed by atoms with Crippen molar-refractivity contribution in [3.05, 3.63) is 48.0 Å². The van der Waals surface area contributed by atoms with Gasteiger partial charge in [-0.1, -0.05) is 19.1 Å². The third kappa shape index (κ3) is 7.01. The summed E-state index contributed by atoms with van der Waals surface area (Å²) in [5, 5.41) is 11.4. The molecule has 1 N–H and O–H groups in total. The van der Waals surface area contributed by atoms with Crippen molar-refractivity contribution >= 4 is 29.3 Å². The number of ether oxygens (including phenoxy) is 3. The number of carbonyl (C=O) groups is 2. The number of thioether (sulfide) groups is 1. The number of hydrogen-bond donors (Lipinski definition) is 1. The van der Waals surface area contributed by atoms with Crippen LogP contribution in [0.2, 0.25) is 0 Å². The zero-order valence-electron chi connectivity index (χ0n) is 17.0. The number of para-hydroxylation sites is 1. The zero-order chi connectivity index (χ0) is 21.8. The second kappa shape index (κ2) is 12.4. The molecule has 0 aliphatic carbocycles. The number of esters is 1. The SMILES string of the molecule is CCCOc1ccc(C(=O)OCC(=O)Nc2ccccc2SCC#N)cc1OCC. The molecule has 1 amide bonds. The molecule has 2 aromatic carbocycles. The largest absolute Gasteiger partial charge is 0.490 e. The van der Waals surface area contributed by atoms with Crippen molar-refractivity contribution < 1.29 is 23.8 Å². The molecule has 0 radical (unpaired) electrons. The Bertz CT molecular complexity index is 911. The second-order valence-corrected chi connectivity index (χ2v) is 7.03. The van der Waals surface area contributed by atoms with Gasteiger partial charge in [0, 0.05) is 4.90 Å². The van der Waals surface area contributed by atoms with Crippen LogP contribution in [0, 0.1) is 11.3 Å². The molecule has 0 heterocycles. The fourth-order valence-corrected chi connectivity index (χ4v) is 3.11. The first kappa shape index (κ1) is 23.1. The molecular weight excluding hydrogens is 404 g/mol. The summed E-state index contributed by atoms with van der Waals surface area (Å²) >= 11 is 1.31. The Kier molecular flexibility index (Phi) is 9.55. The Labute approximate surface area is 180 Å². The summed E-state index contributed by atoms with van der Waals surface area (Å²) in [5.74, 6) is 0.163. The maximum Gasteiger partial charge on any atom is 0.338 e. The average molecular weight is 429 g/mol. The number of benzene rings is 2. The minimum Gasteiger partial charge on any atom is -0.490 e.